The highest BCUT2D eigenvalue weighted by molar-refractivity contribution is 5.27. The molecule has 1 aliphatic rings. The first kappa shape index (κ1) is 12.4. The second-order valence-electron chi connectivity index (χ2n) is 4.64. The van der Waals surface area contributed by atoms with Crippen molar-refractivity contribution in [3.05, 3.63) is 29.8 Å². The predicted octanol–water partition coefficient (Wildman–Crippen LogP) is 1.72. The molecule has 1 fully saturated rings. The van der Waals surface area contributed by atoms with Gasteiger partial charge in [-0.1, -0.05) is 12.1 Å². The monoisotopic (exact) mass is 234 g/mol. The van der Waals surface area contributed by atoms with Crippen LogP contribution in [0.5, 0.6) is 5.75 Å². The van der Waals surface area contributed by atoms with Crippen molar-refractivity contribution in [1.29, 1.82) is 0 Å². The predicted molar refractivity (Wildman–Crippen MR) is 70.6 cm³/mol. The third-order valence-electron chi connectivity index (χ3n) is 3.13. The van der Waals surface area contributed by atoms with Gasteiger partial charge in [0, 0.05) is 12.6 Å². The highest BCUT2D eigenvalue weighted by Crippen LogP contribution is 2.11. The van der Waals surface area contributed by atoms with Crippen LogP contribution in [0.3, 0.4) is 0 Å². The van der Waals surface area contributed by atoms with Crippen LogP contribution < -0.4 is 15.4 Å². The number of benzene rings is 1. The lowest BCUT2D eigenvalue weighted by molar-refractivity contribution is 0.292. The third-order valence-corrected chi connectivity index (χ3v) is 3.13. The molecule has 0 radical (unpaired) electrons. The third kappa shape index (κ3) is 4.36. The highest BCUT2D eigenvalue weighted by atomic mass is 16.5. The van der Waals surface area contributed by atoms with E-state index in [1.807, 2.05) is 12.1 Å². The normalized spacial score (nSPS) is 17.0. The Hall–Kier alpha value is -1.06. The van der Waals surface area contributed by atoms with Crippen LogP contribution in [-0.4, -0.2) is 32.3 Å². The minimum atomic E-state index is 0.664. The zero-order chi connectivity index (χ0) is 11.9. The maximum absolute atomic E-state index is 5.70. The molecule has 0 spiro atoms. The van der Waals surface area contributed by atoms with Crippen LogP contribution in [0.25, 0.3) is 0 Å². The Morgan fingerprint density at radius 2 is 2.18 bits per heavy atom. The molecule has 1 saturated heterocycles. The number of aryl methyl sites for hydroxylation is 1. The molecule has 1 aromatic carbocycles. The van der Waals surface area contributed by atoms with Crippen molar-refractivity contribution < 1.29 is 4.74 Å². The number of nitrogens with one attached hydrogen (secondary N) is 2. The number of piperidine rings is 1. The molecule has 1 aliphatic heterocycles. The lowest BCUT2D eigenvalue weighted by atomic mass is 10.1. The average molecular weight is 234 g/mol. The maximum Gasteiger partial charge on any atom is 0.119 e. The van der Waals surface area contributed by atoms with E-state index in [0.717, 1.165) is 32.0 Å². The molecule has 2 N–H and O–H groups in total. The van der Waals surface area contributed by atoms with Crippen LogP contribution in [0.1, 0.15) is 18.4 Å². The van der Waals surface area contributed by atoms with Gasteiger partial charge in [0.15, 0.2) is 0 Å². The molecule has 17 heavy (non-hydrogen) atoms. The van der Waals surface area contributed by atoms with Gasteiger partial charge in [-0.3, -0.25) is 0 Å². The van der Waals surface area contributed by atoms with Crippen molar-refractivity contribution in [1.82, 2.24) is 10.6 Å². The van der Waals surface area contributed by atoms with Gasteiger partial charge in [-0.2, -0.15) is 0 Å². The molecule has 2 rings (SSSR count). The standard InChI is InChI=1S/C14H22N2O/c1-12-3-2-4-14(11-12)17-10-9-16-13-5-7-15-8-6-13/h2-4,11,13,15-16H,5-10H2,1H3. The maximum atomic E-state index is 5.70. The van der Waals surface area contributed by atoms with Gasteiger partial charge in [0.25, 0.3) is 0 Å². The van der Waals surface area contributed by atoms with Crippen LogP contribution >= 0.6 is 0 Å². The summed E-state index contributed by atoms with van der Waals surface area (Å²) < 4.78 is 5.70. The Bertz CT molecular complexity index is 335. The summed E-state index contributed by atoms with van der Waals surface area (Å²) in [6.07, 6.45) is 2.45. The minimum Gasteiger partial charge on any atom is -0.492 e. The van der Waals surface area contributed by atoms with Crippen LogP contribution in [0.15, 0.2) is 24.3 Å². The van der Waals surface area contributed by atoms with Gasteiger partial charge in [-0.25, -0.2) is 0 Å². The molecule has 0 amide bonds. The van der Waals surface area contributed by atoms with Gasteiger partial charge in [-0.05, 0) is 50.6 Å². The molecule has 94 valence electrons. The van der Waals surface area contributed by atoms with Gasteiger partial charge >= 0.3 is 0 Å². The Labute approximate surface area is 104 Å². The Morgan fingerprint density at radius 3 is 2.94 bits per heavy atom. The first-order chi connectivity index (χ1) is 8.34. The summed E-state index contributed by atoms with van der Waals surface area (Å²) in [7, 11) is 0. The van der Waals surface area contributed by atoms with Crippen LogP contribution in [0, 0.1) is 6.92 Å². The van der Waals surface area contributed by atoms with E-state index in [2.05, 4.69) is 29.7 Å². The molecule has 0 saturated carbocycles. The zero-order valence-corrected chi connectivity index (χ0v) is 10.5. The van der Waals surface area contributed by atoms with Crippen molar-refractivity contribution in [2.75, 3.05) is 26.2 Å². The summed E-state index contributed by atoms with van der Waals surface area (Å²) in [5, 5.41) is 6.91. The largest absolute Gasteiger partial charge is 0.492 e. The van der Waals surface area contributed by atoms with Crippen molar-refractivity contribution in [3.8, 4) is 5.75 Å². The van der Waals surface area contributed by atoms with Gasteiger partial charge in [-0.15, -0.1) is 0 Å². The van der Waals surface area contributed by atoms with E-state index in [1.165, 1.54) is 18.4 Å². The smallest absolute Gasteiger partial charge is 0.119 e. The van der Waals surface area contributed by atoms with Crippen molar-refractivity contribution in [2.45, 2.75) is 25.8 Å². The summed E-state index contributed by atoms with van der Waals surface area (Å²) in [6.45, 7) is 6.03. The van der Waals surface area contributed by atoms with Crippen LogP contribution in [-0.2, 0) is 0 Å². The number of hydrogen-bond donors (Lipinski definition) is 2. The van der Waals surface area contributed by atoms with E-state index in [0.29, 0.717) is 6.04 Å². The van der Waals surface area contributed by atoms with Crippen molar-refractivity contribution in [3.63, 3.8) is 0 Å². The molecule has 0 aromatic heterocycles. The molecule has 0 bridgehead atoms. The quantitative estimate of drug-likeness (QED) is 0.761. The SMILES string of the molecule is Cc1cccc(OCCNC2CCNCC2)c1. The molecule has 0 atom stereocenters. The number of rotatable bonds is 5. The van der Waals surface area contributed by atoms with Gasteiger partial charge in [0.05, 0.1) is 0 Å². The van der Waals surface area contributed by atoms with E-state index in [-0.39, 0.29) is 0 Å². The fraction of sp³-hybridized carbons (Fsp3) is 0.571. The van der Waals surface area contributed by atoms with E-state index >= 15 is 0 Å². The first-order valence-electron chi connectivity index (χ1n) is 6.48. The average Bonchev–Trinajstić information content (AvgIpc) is 2.36. The fourth-order valence-corrected chi connectivity index (χ4v) is 2.16. The van der Waals surface area contributed by atoms with Gasteiger partial charge < -0.3 is 15.4 Å². The molecule has 0 unspecified atom stereocenters. The summed E-state index contributed by atoms with van der Waals surface area (Å²) in [4.78, 5) is 0. The Kier molecular flexibility index (Phi) is 4.83. The van der Waals surface area contributed by atoms with Crippen molar-refractivity contribution in [2.24, 2.45) is 0 Å². The summed E-state index contributed by atoms with van der Waals surface area (Å²) in [6, 6.07) is 8.87. The summed E-state index contributed by atoms with van der Waals surface area (Å²) in [5.74, 6) is 0.970. The van der Waals surface area contributed by atoms with Gasteiger partial charge in [0.2, 0.25) is 0 Å². The lowest BCUT2D eigenvalue weighted by Crippen LogP contribution is -2.41. The zero-order valence-electron chi connectivity index (χ0n) is 10.5. The summed E-state index contributed by atoms with van der Waals surface area (Å²) in [5.41, 5.74) is 1.24. The topological polar surface area (TPSA) is 33.3 Å². The van der Waals surface area contributed by atoms with E-state index < -0.39 is 0 Å². The second-order valence-corrected chi connectivity index (χ2v) is 4.64. The Morgan fingerprint density at radius 1 is 1.35 bits per heavy atom. The number of hydrogen-bond acceptors (Lipinski definition) is 3. The molecule has 0 aliphatic carbocycles. The van der Waals surface area contributed by atoms with E-state index in [1.54, 1.807) is 0 Å². The van der Waals surface area contributed by atoms with E-state index in [4.69, 9.17) is 4.74 Å². The molecular weight excluding hydrogens is 212 g/mol. The molecular formula is C14H22N2O. The molecule has 1 heterocycles. The lowest BCUT2D eigenvalue weighted by Gasteiger charge is -2.23. The summed E-state index contributed by atoms with van der Waals surface area (Å²) >= 11 is 0. The minimum absolute atomic E-state index is 0.664. The highest BCUT2D eigenvalue weighted by Gasteiger charge is 2.11. The van der Waals surface area contributed by atoms with Crippen LogP contribution in [0.2, 0.25) is 0 Å². The molecule has 1 aromatic rings. The Balaban J connectivity index is 1.62. The van der Waals surface area contributed by atoms with Crippen LogP contribution in [0.4, 0.5) is 0 Å². The second kappa shape index (κ2) is 6.62. The fourth-order valence-electron chi connectivity index (χ4n) is 2.16. The van der Waals surface area contributed by atoms with E-state index in [9.17, 15) is 0 Å². The van der Waals surface area contributed by atoms with Crippen molar-refractivity contribution >= 4 is 0 Å². The number of ether oxygens (including phenoxy) is 1. The molecule has 3 heteroatoms. The first-order valence-corrected chi connectivity index (χ1v) is 6.48. The van der Waals surface area contributed by atoms with Gasteiger partial charge in [0.1, 0.15) is 12.4 Å². The molecule has 3 nitrogen and oxygen atoms in total.